The maximum absolute atomic E-state index is 2.49. The van der Waals surface area contributed by atoms with Crippen LogP contribution in [0, 0.1) is 6.92 Å². The summed E-state index contributed by atoms with van der Waals surface area (Å²) in [4.78, 5) is 2.49. The lowest BCUT2D eigenvalue weighted by Crippen LogP contribution is -2.33. The number of hydrogen-bond donors (Lipinski definition) is 0. The van der Waals surface area contributed by atoms with Gasteiger partial charge < -0.3 is 4.90 Å². The predicted octanol–water partition coefficient (Wildman–Crippen LogP) is 4.47. The first-order chi connectivity index (χ1) is 8.77. The Bertz CT molecular complexity index is 559. The molecule has 1 aliphatic heterocycles. The summed E-state index contributed by atoms with van der Waals surface area (Å²) in [6, 6.07) is 18.0. The molecule has 0 aliphatic carbocycles. The maximum Gasteiger partial charge on any atom is 0.0445 e. The highest BCUT2D eigenvalue weighted by Crippen LogP contribution is 2.37. The van der Waals surface area contributed by atoms with E-state index < -0.39 is 0 Å². The predicted molar refractivity (Wildman–Crippen MR) is 77.5 cm³/mol. The normalized spacial score (nSPS) is 18.6. The van der Waals surface area contributed by atoms with Crippen LogP contribution in [-0.4, -0.2) is 6.04 Å². The zero-order chi connectivity index (χ0) is 12.5. The Balaban J connectivity index is 2.14. The van der Waals surface area contributed by atoms with Crippen LogP contribution < -0.4 is 4.90 Å². The lowest BCUT2D eigenvalue weighted by Gasteiger charge is -2.38. The molecule has 0 spiro atoms. The Morgan fingerprint density at radius 1 is 0.944 bits per heavy atom. The van der Waals surface area contributed by atoms with E-state index in [0.717, 1.165) is 0 Å². The van der Waals surface area contributed by atoms with E-state index in [2.05, 4.69) is 67.3 Å². The van der Waals surface area contributed by atoms with Gasteiger partial charge in [-0.15, -0.1) is 0 Å². The number of anilines is 2. The van der Waals surface area contributed by atoms with E-state index in [0.29, 0.717) is 6.04 Å². The number of hydrogen-bond acceptors (Lipinski definition) is 1. The van der Waals surface area contributed by atoms with E-state index in [1.165, 1.54) is 35.3 Å². The Labute approximate surface area is 109 Å². The van der Waals surface area contributed by atoms with E-state index >= 15 is 0 Å². The average molecular weight is 237 g/mol. The van der Waals surface area contributed by atoms with Gasteiger partial charge in [-0.2, -0.15) is 0 Å². The van der Waals surface area contributed by atoms with E-state index in [4.69, 9.17) is 0 Å². The number of nitrogens with zero attached hydrogens (tertiary/aromatic N) is 1. The van der Waals surface area contributed by atoms with E-state index in [-0.39, 0.29) is 0 Å². The van der Waals surface area contributed by atoms with Crippen LogP contribution >= 0.6 is 0 Å². The zero-order valence-corrected chi connectivity index (χ0v) is 11.1. The van der Waals surface area contributed by atoms with Crippen molar-refractivity contribution < 1.29 is 0 Å². The van der Waals surface area contributed by atoms with Crippen molar-refractivity contribution in [2.45, 2.75) is 32.7 Å². The molecule has 0 amide bonds. The number of fused-ring (bicyclic) bond motifs is 1. The van der Waals surface area contributed by atoms with Gasteiger partial charge in [0.2, 0.25) is 0 Å². The Morgan fingerprint density at radius 3 is 2.39 bits per heavy atom. The van der Waals surface area contributed by atoms with Crippen LogP contribution in [0.4, 0.5) is 11.4 Å². The molecule has 0 saturated heterocycles. The summed E-state index contributed by atoms with van der Waals surface area (Å²) in [6.45, 7) is 4.52. The summed E-state index contributed by atoms with van der Waals surface area (Å²) in [5.41, 5.74) is 5.54. The molecule has 0 radical (unpaired) electrons. The van der Waals surface area contributed by atoms with Crippen molar-refractivity contribution in [2.75, 3.05) is 4.90 Å². The lowest BCUT2D eigenvalue weighted by atomic mass is 9.95. The Morgan fingerprint density at radius 2 is 1.61 bits per heavy atom. The van der Waals surface area contributed by atoms with Crippen molar-refractivity contribution in [3.05, 3.63) is 59.7 Å². The summed E-state index contributed by atoms with van der Waals surface area (Å²) in [5.74, 6) is 0. The molecule has 1 heteroatoms. The van der Waals surface area contributed by atoms with Crippen LogP contribution in [0.2, 0.25) is 0 Å². The SMILES string of the molecule is Cc1ccccc1N1c2ccccc2CCC1C. The van der Waals surface area contributed by atoms with Gasteiger partial charge in [0.25, 0.3) is 0 Å². The molecule has 0 fully saturated rings. The number of rotatable bonds is 1. The summed E-state index contributed by atoms with van der Waals surface area (Å²) in [5, 5.41) is 0. The van der Waals surface area contributed by atoms with E-state index in [9.17, 15) is 0 Å². The summed E-state index contributed by atoms with van der Waals surface area (Å²) in [6.07, 6.45) is 2.42. The van der Waals surface area contributed by atoms with E-state index in [1.807, 2.05) is 0 Å². The Kier molecular flexibility index (Phi) is 2.83. The van der Waals surface area contributed by atoms with Crippen molar-refractivity contribution >= 4 is 11.4 Å². The van der Waals surface area contributed by atoms with Crippen molar-refractivity contribution in [2.24, 2.45) is 0 Å². The highest BCUT2D eigenvalue weighted by atomic mass is 15.2. The fourth-order valence-corrected chi connectivity index (χ4v) is 2.89. The second-order valence-corrected chi connectivity index (χ2v) is 5.17. The molecular weight excluding hydrogens is 218 g/mol. The average Bonchev–Trinajstić information content (AvgIpc) is 2.40. The van der Waals surface area contributed by atoms with Gasteiger partial charge in [0.05, 0.1) is 0 Å². The molecular formula is C17H19N. The van der Waals surface area contributed by atoms with Gasteiger partial charge in [-0.05, 0) is 49.9 Å². The summed E-state index contributed by atoms with van der Waals surface area (Å²) < 4.78 is 0. The van der Waals surface area contributed by atoms with Crippen LogP contribution in [0.5, 0.6) is 0 Å². The molecule has 92 valence electrons. The molecule has 1 heterocycles. The molecule has 1 nitrogen and oxygen atoms in total. The van der Waals surface area contributed by atoms with Crippen LogP contribution in [0.3, 0.4) is 0 Å². The van der Waals surface area contributed by atoms with Crippen LogP contribution in [0.25, 0.3) is 0 Å². The summed E-state index contributed by atoms with van der Waals surface area (Å²) >= 11 is 0. The molecule has 3 rings (SSSR count). The molecule has 0 bridgehead atoms. The van der Waals surface area contributed by atoms with Crippen molar-refractivity contribution in [1.29, 1.82) is 0 Å². The monoisotopic (exact) mass is 237 g/mol. The van der Waals surface area contributed by atoms with Crippen LogP contribution in [0.1, 0.15) is 24.5 Å². The molecule has 1 aliphatic rings. The first-order valence-corrected chi connectivity index (χ1v) is 6.70. The first kappa shape index (κ1) is 11.3. The van der Waals surface area contributed by atoms with Crippen molar-refractivity contribution in [3.8, 4) is 0 Å². The number of para-hydroxylation sites is 2. The molecule has 0 aromatic heterocycles. The highest BCUT2D eigenvalue weighted by molar-refractivity contribution is 5.70. The van der Waals surface area contributed by atoms with Gasteiger partial charge in [0.15, 0.2) is 0 Å². The van der Waals surface area contributed by atoms with Gasteiger partial charge in [-0.3, -0.25) is 0 Å². The van der Waals surface area contributed by atoms with Gasteiger partial charge >= 0.3 is 0 Å². The van der Waals surface area contributed by atoms with Gasteiger partial charge in [0, 0.05) is 17.4 Å². The molecule has 18 heavy (non-hydrogen) atoms. The first-order valence-electron chi connectivity index (χ1n) is 6.70. The number of aryl methyl sites for hydroxylation is 2. The smallest absolute Gasteiger partial charge is 0.0445 e. The second kappa shape index (κ2) is 4.49. The Hall–Kier alpha value is -1.76. The van der Waals surface area contributed by atoms with Crippen molar-refractivity contribution in [3.63, 3.8) is 0 Å². The topological polar surface area (TPSA) is 3.24 Å². The van der Waals surface area contributed by atoms with Crippen LogP contribution in [0.15, 0.2) is 48.5 Å². The minimum Gasteiger partial charge on any atom is -0.338 e. The standard InChI is InChI=1S/C17H19N/c1-13-7-3-5-9-16(13)18-14(2)11-12-15-8-4-6-10-17(15)18/h3-10,14H,11-12H2,1-2H3. The summed E-state index contributed by atoms with van der Waals surface area (Å²) in [7, 11) is 0. The molecule has 2 aromatic carbocycles. The molecule has 0 N–H and O–H groups in total. The fraction of sp³-hybridized carbons (Fsp3) is 0.294. The third-order valence-corrected chi connectivity index (χ3v) is 3.90. The highest BCUT2D eigenvalue weighted by Gasteiger charge is 2.24. The van der Waals surface area contributed by atoms with Crippen molar-refractivity contribution in [1.82, 2.24) is 0 Å². The molecule has 0 saturated carbocycles. The van der Waals surface area contributed by atoms with Gasteiger partial charge in [-0.1, -0.05) is 36.4 Å². The molecule has 1 atom stereocenters. The minimum atomic E-state index is 0.570. The quantitative estimate of drug-likeness (QED) is 0.707. The third-order valence-electron chi connectivity index (χ3n) is 3.90. The van der Waals surface area contributed by atoms with Gasteiger partial charge in [0.1, 0.15) is 0 Å². The zero-order valence-electron chi connectivity index (χ0n) is 11.1. The van der Waals surface area contributed by atoms with E-state index in [1.54, 1.807) is 0 Å². The lowest BCUT2D eigenvalue weighted by molar-refractivity contribution is 0.617. The maximum atomic E-state index is 2.49. The molecule has 2 aromatic rings. The number of benzene rings is 2. The largest absolute Gasteiger partial charge is 0.338 e. The fourth-order valence-electron chi connectivity index (χ4n) is 2.89. The van der Waals surface area contributed by atoms with Gasteiger partial charge in [-0.25, -0.2) is 0 Å². The second-order valence-electron chi connectivity index (χ2n) is 5.17. The third kappa shape index (κ3) is 1.80. The van der Waals surface area contributed by atoms with Crippen LogP contribution in [-0.2, 0) is 6.42 Å². The minimum absolute atomic E-state index is 0.570. The molecule has 1 unspecified atom stereocenters.